The summed E-state index contributed by atoms with van der Waals surface area (Å²) in [5, 5.41) is 18.5. The van der Waals surface area contributed by atoms with E-state index < -0.39 is 44.2 Å². The van der Waals surface area contributed by atoms with Crippen LogP contribution in [0.2, 0.25) is 0 Å². The van der Waals surface area contributed by atoms with E-state index in [2.05, 4.69) is 23.6 Å². The minimum atomic E-state index is -3.83. The number of rotatable bonds is 20. The lowest BCUT2D eigenvalue weighted by Gasteiger charge is -2.29. The summed E-state index contributed by atoms with van der Waals surface area (Å²) < 4.78 is 79.4. The second-order valence-corrected chi connectivity index (χ2v) is 21.8. The Kier molecular flexibility index (Phi) is 19.9. The van der Waals surface area contributed by atoms with Crippen molar-refractivity contribution in [2.75, 3.05) is 76.9 Å². The van der Waals surface area contributed by atoms with E-state index in [0.717, 1.165) is 49.9 Å². The number of hydrogen-bond donors (Lipinski definition) is 2. The number of aliphatic carboxylic acids is 2. The highest BCUT2D eigenvalue weighted by Gasteiger charge is 2.39. The highest BCUT2D eigenvalue weighted by Crippen LogP contribution is 2.45. The first kappa shape index (κ1) is 54.4. The van der Waals surface area contributed by atoms with Crippen molar-refractivity contribution in [2.45, 2.75) is 96.2 Å². The standard InChI is InChI=1S/2C24H32N2O6S2/c2*1-5-6-10-18-15-26(17-11-8-7-9-12-17)19-13-22(33-4)20(32-16-21(31-3)24(27)28)14-23(19)34(29,30)25(18)2/h2*7-9,11-14,18,21H,5-6,10,15-16H2,1-4H3,(H,27,28)/t2*18?,21-/m10/s1. The van der Waals surface area contributed by atoms with Crippen LogP contribution < -0.4 is 19.3 Å². The molecule has 0 aromatic heterocycles. The Morgan fingerprint density at radius 1 is 0.632 bits per heavy atom. The van der Waals surface area contributed by atoms with Crippen LogP contribution in [0.15, 0.2) is 105 Å². The summed E-state index contributed by atoms with van der Waals surface area (Å²) in [5.74, 6) is -1.67. The molecule has 2 aliphatic heterocycles. The maximum Gasteiger partial charge on any atom is 0.336 e. The number of benzene rings is 4. The van der Waals surface area contributed by atoms with Gasteiger partial charge in [0, 0.05) is 77.0 Å². The lowest BCUT2D eigenvalue weighted by Crippen LogP contribution is -2.40. The number of fused-ring (bicyclic) bond motifs is 2. The van der Waals surface area contributed by atoms with Gasteiger partial charge in [-0.15, -0.1) is 23.5 Å². The molecular weight excluding hydrogens is 953 g/mol. The zero-order valence-corrected chi connectivity index (χ0v) is 43.1. The normalized spacial score (nSPS) is 18.7. The number of likely N-dealkylation sites (N-methyl/N-ethyl adjacent to an activating group) is 2. The number of carboxylic acid groups (broad SMARTS) is 2. The van der Waals surface area contributed by atoms with Crippen molar-refractivity contribution < 1.29 is 55.6 Å². The lowest BCUT2D eigenvalue weighted by atomic mass is 10.1. The number of nitrogens with zero attached hydrogens (tertiary/aromatic N) is 4. The third kappa shape index (κ3) is 12.6. The monoisotopic (exact) mass is 1020 g/mol. The largest absolute Gasteiger partial charge is 0.489 e. The van der Waals surface area contributed by atoms with Crippen molar-refractivity contribution in [1.29, 1.82) is 0 Å². The van der Waals surface area contributed by atoms with Gasteiger partial charge in [0.2, 0.25) is 20.0 Å². The summed E-state index contributed by atoms with van der Waals surface area (Å²) in [6.45, 7) is 4.74. The number of carboxylic acids is 2. The zero-order chi connectivity index (χ0) is 49.8. The summed E-state index contributed by atoms with van der Waals surface area (Å²) in [7, 11) is -1.82. The van der Waals surface area contributed by atoms with E-state index in [1.807, 2.05) is 85.3 Å². The van der Waals surface area contributed by atoms with E-state index in [-0.39, 0.29) is 35.1 Å². The zero-order valence-electron chi connectivity index (χ0n) is 39.9. The van der Waals surface area contributed by atoms with Gasteiger partial charge in [-0.2, -0.15) is 8.61 Å². The minimum absolute atomic E-state index is 0.134. The third-order valence-electron chi connectivity index (χ3n) is 12.0. The fourth-order valence-electron chi connectivity index (χ4n) is 7.93. The number of methoxy groups -OCH3 is 2. The number of anilines is 4. The highest BCUT2D eigenvalue weighted by atomic mass is 32.2. The fraction of sp³-hybridized carbons (Fsp3) is 0.458. The number of thioether (sulfide) groups is 2. The number of hydrogen-bond acceptors (Lipinski definition) is 14. The van der Waals surface area contributed by atoms with Crippen molar-refractivity contribution >= 4 is 78.3 Å². The number of para-hydroxylation sites is 2. The molecule has 0 spiro atoms. The predicted molar refractivity (Wildman–Crippen MR) is 268 cm³/mol. The predicted octanol–water partition coefficient (Wildman–Crippen LogP) is 8.44. The molecule has 0 saturated carbocycles. The van der Waals surface area contributed by atoms with E-state index >= 15 is 0 Å². The van der Waals surface area contributed by atoms with Crippen molar-refractivity contribution in [3.05, 3.63) is 84.9 Å². The molecule has 16 nitrogen and oxygen atoms in total. The van der Waals surface area contributed by atoms with Gasteiger partial charge >= 0.3 is 11.9 Å². The van der Waals surface area contributed by atoms with E-state index in [1.54, 1.807) is 14.1 Å². The second-order valence-electron chi connectivity index (χ2n) is 16.2. The van der Waals surface area contributed by atoms with Gasteiger partial charge in [0.25, 0.3) is 0 Å². The van der Waals surface area contributed by atoms with Crippen LogP contribution in [-0.2, 0) is 39.1 Å². The van der Waals surface area contributed by atoms with Crippen molar-refractivity contribution in [1.82, 2.24) is 8.61 Å². The Hall–Kier alpha value is -4.54. The maximum atomic E-state index is 13.7. The van der Waals surface area contributed by atoms with Gasteiger partial charge < -0.3 is 39.0 Å². The van der Waals surface area contributed by atoms with Crippen LogP contribution in [0.3, 0.4) is 0 Å². The maximum absolute atomic E-state index is 13.7. The van der Waals surface area contributed by atoms with E-state index in [1.165, 1.54) is 58.5 Å². The molecule has 68 heavy (non-hydrogen) atoms. The minimum Gasteiger partial charge on any atom is -0.489 e. The fourth-order valence-corrected chi connectivity index (χ4v) is 12.2. The summed E-state index contributed by atoms with van der Waals surface area (Å²) in [4.78, 5) is 28.5. The summed E-state index contributed by atoms with van der Waals surface area (Å²) >= 11 is 2.81. The quantitative estimate of drug-likeness (QED) is 0.0801. The van der Waals surface area contributed by atoms with Crippen molar-refractivity contribution in [3.8, 4) is 11.5 Å². The molecule has 6 rings (SSSR count). The average Bonchev–Trinajstić information content (AvgIpc) is 3.47. The molecule has 4 aromatic carbocycles. The Bertz CT molecular complexity index is 2360. The van der Waals surface area contributed by atoms with Gasteiger partial charge in [-0.1, -0.05) is 75.9 Å². The molecule has 2 aliphatic rings. The van der Waals surface area contributed by atoms with Crippen LogP contribution >= 0.6 is 23.5 Å². The van der Waals surface area contributed by atoms with Crippen LogP contribution in [-0.4, -0.2) is 139 Å². The van der Waals surface area contributed by atoms with Crippen molar-refractivity contribution in [3.63, 3.8) is 0 Å². The number of sulfonamides is 2. The van der Waals surface area contributed by atoms with E-state index in [4.69, 9.17) is 18.9 Å². The Morgan fingerprint density at radius 2 is 0.985 bits per heavy atom. The molecular formula is C48H64N4O12S4. The molecule has 4 atom stereocenters. The Labute approximate surface area is 410 Å². The molecule has 0 aliphatic carbocycles. The third-order valence-corrected chi connectivity index (χ3v) is 17.4. The number of ether oxygens (including phenoxy) is 4. The molecule has 0 amide bonds. The summed E-state index contributed by atoms with van der Waals surface area (Å²) in [5.41, 5.74) is 2.97. The van der Waals surface area contributed by atoms with Gasteiger partial charge in [-0.05, 0) is 61.8 Å². The number of unbranched alkanes of at least 4 members (excludes halogenated alkanes) is 2. The molecule has 0 saturated heterocycles. The van der Waals surface area contributed by atoms with E-state index in [9.17, 15) is 36.6 Å². The Balaban J connectivity index is 0.000000254. The molecule has 20 heteroatoms. The topological polar surface area (TPSA) is 193 Å². The van der Waals surface area contributed by atoms with Crippen LogP contribution in [0.25, 0.3) is 0 Å². The first-order valence-corrected chi connectivity index (χ1v) is 27.6. The molecule has 2 unspecified atom stereocenters. The molecule has 372 valence electrons. The summed E-state index contributed by atoms with van der Waals surface area (Å²) in [6.07, 6.45) is 6.69. The van der Waals surface area contributed by atoms with Gasteiger partial charge in [-0.3, -0.25) is 0 Å². The van der Waals surface area contributed by atoms with Gasteiger partial charge in [0.15, 0.2) is 12.2 Å². The van der Waals surface area contributed by atoms with Gasteiger partial charge in [-0.25, -0.2) is 26.4 Å². The molecule has 2 heterocycles. The second kappa shape index (κ2) is 24.8. The smallest absolute Gasteiger partial charge is 0.336 e. The molecule has 0 radical (unpaired) electrons. The van der Waals surface area contributed by atoms with Gasteiger partial charge in [0.1, 0.15) is 34.5 Å². The van der Waals surface area contributed by atoms with E-state index in [0.29, 0.717) is 45.8 Å². The van der Waals surface area contributed by atoms with Crippen LogP contribution in [0, 0.1) is 0 Å². The van der Waals surface area contributed by atoms with Crippen molar-refractivity contribution in [2.24, 2.45) is 0 Å². The van der Waals surface area contributed by atoms with Crippen LogP contribution in [0.1, 0.15) is 52.4 Å². The van der Waals surface area contributed by atoms with Gasteiger partial charge in [0.05, 0.1) is 21.2 Å². The highest BCUT2D eigenvalue weighted by molar-refractivity contribution is 7.99. The first-order valence-electron chi connectivity index (χ1n) is 22.3. The molecule has 2 N–H and O–H groups in total. The first-order chi connectivity index (χ1) is 32.5. The number of carbonyl (C=O) groups is 2. The van der Waals surface area contributed by atoms with Crippen LogP contribution in [0.5, 0.6) is 11.5 Å². The SMILES string of the molecule is CCCCC1CN(c2ccccc2)c2cc(SC)c(OC[C@@H](OC)C(=O)O)cc2S(=O)(=O)N1C.CCCCC1CN(c2ccccc2)c2cc(SC)c(OC[C@H](OC)C(=O)O)cc2S(=O)(=O)N1C. The van der Waals surface area contributed by atoms with Crippen LogP contribution in [0.4, 0.5) is 22.7 Å². The Morgan fingerprint density at radius 3 is 1.28 bits per heavy atom. The average molecular weight is 1020 g/mol. The molecule has 0 bridgehead atoms. The molecule has 0 fully saturated rings. The molecule has 4 aromatic rings. The lowest BCUT2D eigenvalue weighted by molar-refractivity contribution is -0.151. The summed E-state index contributed by atoms with van der Waals surface area (Å²) in [6, 6.07) is 25.7.